The quantitative estimate of drug-likeness (QED) is 0.458. The van der Waals surface area contributed by atoms with Crippen LogP contribution < -0.4 is 20.3 Å². The third kappa shape index (κ3) is 3.48. The SMILES string of the molecule is OC1CCN(c2ccc(Nc3nc(-c4ccc5c(c4)NCCO5)cn4ccnc34)cc2)C1. The van der Waals surface area contributed by atoms with Gasteiger partial charge in [0.1, 0.15) is 12.4 Å². The molecule has 8 nitrogen and oxygen atoms in total. The zero-order valence-corrected chi connectivity index (χ0v) is 17.5. The summed E-state index contributed by atoms with van der Waals surface area (Å²) in [5, 5.41) is 16.6. The third-order valence-corrected chi connectivity index (χ3v) is 5.98. The van der Waals surface area contributed by atoms with E-state index in [9.17, 15) is 5.11 Å². The smallest absolute Gasteiger partial charge is 0.180 e. The summed E-state index contributed by atoms with van der Waals surface area (Å²) >= 11 is 0. The summed E-state index contributed by atoms with van der Waals surface area (Å²) in [6.45, 7) is 3.04. The number of aromatic nitrogens is 3. The highest BCUT2D eigenvalue weighted by Crippen LogP contribution is 2.33. The molecule has 0 spiro atoms. The van der Waals surface area contributed by atoms with E-state index in [2.05, 4.69) is 38.7 Å². The fraction of sp³-hybridized carbons (Fsp3) is 0.250. The summed E-state index contributed by atoms with van der Waals surface area (Å²) in [6, 6.07) is 14.3. The molecule has 1 saturated heterocycles. The second kappa shape index (κ2) is 7.72. The van der Waals surface area contributed by atoms with Crippen LogP contribution in [0, 0.1) is 0 Å². The van der Waals surface area contributed by atoms with Gasteiger partial charge in [0.2, 0.25) is 0 Å². The molecule has 32 heavy (non-hydrogen) atoms. The Morgan fingerprint density at radius 2 is 2.06 bits per heavy atom. The van der Waals surface area contributed by atoms with E-state index in [4.69, 9.17) is 9.72 Å². The Hall–Kier alpha value is -3.78. The second-order valence-corrected chi connectivity index (χ2v) is 8.18. The van der Waals surface area contributed by atoms with Crippen molar-refractivity contribution in [1.29, 1.82) is 0 Å². The van der Waals surface area contributed by atoms with Crippen molar-refractivity contribution >= 4 is 28.5 Å². The molecular weight excluding hydrogens is 404 g/mol. The average Bonchev–Trinajstić information content (AvgIpc) is 3.48. The molecule has 2 aliphatic rings. The zero-order valence-electron chi connectivity index (χ0n) is 17.5. The van der Waals surface area contributed by atoms with Crippen LogP contribution >= 0.6 is 0 Å². The fourth-order valence-electron chi connectivity index (χ4n) is 4.32. The molecule has 0 aliphatic carbocycles. The van der Waals surface area contributed by atoms with Gasteiger partial charge in [-0.2, -0.15) is 0 Å². The fourth-order valence-corrected chi connectivity index (χ4v) is 4.32. The lowest BCUT2D eigenvalue weighted by molar-refractivity contribution is 0.198. The van der Waals surface area contributed by atoms with Crippen molar-refractivity contribution in [2.24, 2.45) is 0 Å². The average molecular weight is 428 g/mol. The van der Waals surface area contributed by atoms with Crippen LogP contribution in [0.1, 0.15) is 6.42 Å². The summed E-state index contributed by atoms with van der Waals surface area (Å²) in [5.74, 6) is 1.56. The lowest BCUT2D eigenvalue weighted by Gasteiger charge is -2.20. The van der Waals surface area contributed by atoms with E-state index in [0.717, 1.165) is 59.2 Å². The lowest BCUT2D eigenvalue weighted by atomic mass is 10.1. The molecule has 8 heteroatoms. The van der Waals surface area contributed by atoms with Crippen LogP contribution in [0.15, 0.2) is 61.1 Å². The highest BCUT2D eigenvalue weighted by Gasteiger charge is 2.20. The van der Waals surface area contributed by atoms with Crippen molar-refractivity contribution < 1.29 is 9.84 Å². The van der Waals surface area contributed by atoms with Crippen molar-refractivity contribution in [3.8, 4) is 17.0 Å². The molecule has 0 saturated carbocycles. The minimum atomic E-state index is -0.237. The van der Waals surface area contributed by atoms with E-state index in [0.29, 0.717) is 19.0 Å². The number of hydrogen-bond donors (Lipinski definition) is 3. The molecule has 1 unspecified atom stereocenters. The van der Waals surface area contributed by atoms with Crippen molar-refractivity contribution in [3.63, 3.8) is 0 Å². The van der Waals surface area contributed by atoms with E-state index >= 15 is 0 Å². The number of aliphatic hydroxyl groups excluding tert-OH is 1. The number of nitrogens with one attached hydrogen (secondary N) is 2. The molecule has 4 aromatic rings. The number of fused-ring (bicyclic) bond motifs is 2. The number of ether oxygens (including phenoxy) is 1. The summed E-state index contributed by atoms with van der Waals surface area (Å²) in [4.78, 5) is 11.6. The monoisotopic (exact) mass is 428 g/mol. The Kier molecular flexibility index (Phi) is 4.57. The first-order valence-corrected chi connectivity index (χ1v) is 10.9. The maximum atomic E-state index is 9.79. The molecule has 2 aliphatic heterocycles. The predicted octanol–water partition coefficient (Wildman–Crippen LogP) is 3.52. The van der Waals surface area contributed by atoms with Gasteiger partial charge in [0.25, 0.3) is 0 Å². The maximum Gasteiger partial charge on any atom is 0.180 e. The Morgan fingerprint density at radius 1 is 1.16 bits per heavy atom. The summed E-state index contributed by atoms with van der Waals surface area (Å²) in [7, 11) is 0. The molecule has 3 N–H and O–H groups in total. The van der Waals surface area contributed by atoms with E-state index in [1.165, 1.54) is 0 Å². The molecule has 0 radical (unpaired) electrons. The molecule has 2 aromatic carbocycles. The van der Waals surface area contributed by atoms with Gasteiger partial charge in [-0.1, -0.05) is 0 Å². The van der Waals surface area contributed by atoms with Crippen molar-refractivity contribution in [2.75, 3.05) is 41.8 Å². The summed E-state index contributed by atoms with van der Waals surface area (Å²) in [6.07, 6.45) is 6.27. The molecule has 4 heterocycles. The van der Waals surface area contributed by atoms with Crippen LogP contribution in [0.4, 0.5) is 22.9 Å². The van der Waals surface area contributed by atoms with Crippen LogP contribution in [0.5, 0.6) is 5.75 Å². The Bertz CT molecular complexity index is 1270. The minimum Gasteiger partial charge on any atom is -0.490 e. The highest BCUT2D eigenvalue weighted by molar-refractivity contribution is 5.76. The Labute approximate surface area is 185 Å². The van der Waals surface area contributed by atoms with Crippen LogP contribution in [0.25, 0.3) is 16.9 Å². The van der Waals surface area contributed by atoms with Crippen molar-refractivity contribution in [2.45, 2.75) is 12.5 Å². The minimum absolute atomic E-state index is 0.237. The summed E-state index contributed by atoms with van der Waals surface area (Å²) < 4.78 is 7.68. The number of imidazole rings is 1. The Morgan fingerprint density at radius 3 is 2.91 bits per heavy atom. The molecule has 2 aromatic heterocycles. The van der Waals surface area contributed by atoms with Gasteiger partial charge in [-0.25, -0.2) is 9.97 Å². The number of β-amino-alcohol motifs (C(OH)–C–C–N with tert-alkyl or cyclic N) is 1. The van der Waals surface area contributed by atoms with Crippen molar-refractivity contribution in [3.05, 3.63) is 61.1 Å². The van der Waals surface area contributed by atoms with Gasteiger partial charge in [-0.15, -0.1) is 0 Å². The van der Waals surface area contributed by atoms with E-state index < -0.39 is 0 Å². The normalized spacial score (nSPS) is 17.7. The number of hydrogen-bond acceptors (Lipinski definition) is 7. The number of rotatable bonds is 4. The largest absolute Gasteiger partial charge is 0.490 e. The van der Waals surface area contributed by atoms with Gasteiger partial charge in [-0.3, -0.25) is 0 Å². The number of aliphatic hydroxyl groups is 1. The Balaban J connectivity index is 1.31. The molecule has 0 bridgehead atoms. The third-order valence-electron chi connectivity index (χ3n) is 5.98. The first kappa shape index (κ1) is 18.9. The second-order valence-electron chi connectivity index (χ2n) is 8.18. The van der Waals surface area contributed by atoms with Gasteiger partial charge in [-0.05, 0) is 48.9 Å². The molecular formula is C24H24N6O2. The van der Waals surface area contributed by atoms with Crippen LogP contribution in [0.3, 0.4) is 0 Å². The number of anilines is 4. The molecule has 0 amide bonds. The summed E-state index contributed by atoms with van der Waals surface area (Å²) in [5.41, 5.74) is 5.64. The molecule has 1 fully saturated rings. The number of benzene rings is 2. The first-order valence-electron chi connectivity index (χ1n) is 10.9. The van der Waals surface area contributed by atoms with E-state index in [-0.39, 0.29) is 6.10 Å². The molecule has 162 valence electrons. The standard InChI is InChI=1S/C24H24N6O2/c31-19-7-10-29(14-19)18-4-2-17(3-5-18)27-23-24-26-8-11-30(24)15-21(28-23)16-1-6-22-20(13-16)25-9-12-32-22/h1-6,8,11,13,15,19,25,31H,7,9-10,12,14H2,(H,27,28). The first-order chi connectivity index (χ1) is 15.7. The molecule has 1 atom stereocenters. The van der Waals surface area contributed by atoms with Crippen LogP contribution in [-0.4, -0.2) is 51.8 Å². The van der Waals surface area contributed by atoms with Crippen LogP contribution in [0.2, 0.25) is 0 Å². The zero-order chi connectivity index (χ0) is 21.5. The maximum absolute atomic E-state index is 9.79. The van der Waals surface area contributed by atoms with Crippen LogP contribution in [-0.2, 0) is 0 Å². The topological polar surface area (TPSA) is 87.0 Å². The van der Waals surface area contributed by atoms with E-state index in [1.807, 2.05) is 41.1 Å². The van der Waals surface area contributed by atoms with Gasteiger partial charge in [0.05, 0.1) is 17.5 Å². The lowest BCUT2D eigenvalue weighted by Crippen LogP contribution is -2.20. The molecule has 6 rings (SSSR count). The van der Waals surface area contributed by atoms with Gasteiger partial charge >= 0.3 is 0 Å². The van der Waals surface area contributed by atoms with Gasteiger partial charge in [0.15, 0.2) is 11.5 Å². The van der Waals surface area contributed by atoms with Gasteiger partial charge < -0.3 is 29.8 Å². The van der Waals surface area contributed by atoms with Gasteiger partial charge in [0, 0.05) is 55.2 Å². The highest BCUT2D eigenvalue weighted by atomic mass is 16.5. The van der Waals surface area contributed by atoms with E-state index in [1.54, 1.807) is 6.20 Å². The number of nitrogens with zero attached hydrogens (tertiary/aromatic N) is 4. The predicted molar refractivity (Wildman–Crippen MR) is 125 cm³/mol. The van der Waals surface area contributed by atoms with Crippen molar-refractivity contribution in [1.82, 2.24) is 14.4 Å².